The molecular formula is C31H30N4O2S. The molecule has 192 valence electrons. The number of amides is 2. The molecule has 2 amide bonds. The lowest BCUT2D eigenvalue weighted by Crippen LogP contribution is -2.38. The van der Waals surface area contributed by atoms with Gasteiger partial charge in [0.15, 0.2) is 0 Å². The van der Waals surface area contributed by atoms with Gasteiger partial charge in [0.05, 0.1) is 17.5 Å². The van der Waals surface area contributed by atoms with Gasteiger partial charge in [0.2, 0.25) is 5.91 Å². The van der Waals surface area contributed by atoms with E-state index < -0.39 is 0 Å². The fourth-order valence-electron chi connectivity index (χ4n) is 5.34. The molecule has 1 aliphatic rings. The van der Waals surface area contributed by atoms with Crippen molar-refractivity contribution in [3.05, 3.63) is 100 Å². The maximum absolute atomic E-state index is 13.0. The molecular weight excluding hydrogens is 492 g/mol. The molecule has 1 unspecified atom stereocenters. The van der Waals surface area contributed by atoms with Crippen LogP contribution in [0.1, 0.15) is 58.3 Å². The molecule has 3 aromatic carbocycles. The highest BCUT2D eigenvalue weighted by atomic mass is 32.1. The molecule has 0 aliphatic carbocycles. The molecule has 5 aromatic rings. The lowest BCUT2D eigenvalue weighted by Gasteiger charge is -2.31. The second kappa shape index (κ2) is 10.4. The molecule has 0 saturated carbocycles. The number of carbonyl (C=O) groups is 2. The molecule has 0 radical (unpaired) electrons. The second-order valence-corrected chi connectivity index (χ2v) is 11.0. The average molecular weight is 523 g/mol. The van der Waals surface area contributed by atoms with E-state index in [0.717, 1.165) is 45.3 Å². The number of hydrogen-bond acceptors (Lipinski definition) is 4. The minimum atomic E-state index is -0.153. The molecule has 1 atom stereocenters. The Morgan fingerprint density at radius 3 is 2.66 bits per heavy atom. The van der Waals surface area contributed by atoms with Crippen molar-refractivity contribution in [3.63, 3.8) is 0 Å². The molecule has 2 aromatic heterocycles. The summed E-state index contributed by atoms with van der Waals surface area (Å²) in [4.78, 5) is 35.8. The van der Waals surface area contributed by atoms with Crippen LogP contribution in [0.5, 0.6) is 0 Å². The Bertz CT molecular complexity index is 1610. The van der Waals surface area contributed by atoms with Gasteiger partial charge < -0.3 is 15.2 Å². The number of aromatic amines is 1. The normalized spacial score (nSPS) is 15.1. The predicted molar refractivity (Wildman–Crippen MR) is 153 cm³/mol. The third-order valence-electron chi connectivity index (χ3n) is 7.59. The van der Waals surface area contributed by atoms with E-state index in [1.165, 1.54) is 5.39 Å². The molecule has 6 rings (SSSR count). The van der Waals surface area contributed by atoms with E-state index in [1.54, 1.807) is 11.3 Å². The summed E-state index contributed by atoms with van der Waals surface area (Å²) >= 11 is 1.54. The van der Waals surface area contributed by atoms with E-state index in [9.17, 15) is 9.59 Å². The fourth-order valence-corrected chi connectivity index (χ4v) is 6.31. The van der Waals surface area contributed by atoms with Gasteiger partial charge in [0.1, 0.15) is 5.69 Å². The third-order valence-corrected chi connectivity index (χ3v) is 8.60. The SMILES string of the molecule is CC(NC(=O)c1csc(C2CCN(C(=O)Cc3c[nH]c4ccccc34)CC2)n1)c1ccc2ccccc2c1. The minimum absolute atomic E-state index is 0.122. The quantitative estimate of drug-likeness (QED) is 0.278. The first-order valence-corrected chi connectivity index (χ1v) is 14.0. The van der Waals surface area contributed by atoms with Crippen molar-refractivity contribution in [2.75, 3.05) is 13.1 Å². The third kappa shape index (κ3) is 4.94. The van der Waals surface area contributed by atoms with Gasteiger partial charge in [-0.25, -0.2) is 4.98 Å². The van der Waals surface area contributed by atoms with Gasteiger partial charge in [-0.3, -0.25) is 9.59 Å². The van der Waals surface area contributed by atoms with Crippen LogP contribution in [-0.4, -0.2) is 39.8 Å². The molecule has 3 heterocycles. The van der Waals surface area contributed by atoms with E-state index in [-0.39, 0.29) is 23.8 Å². The number of rotatable bonds is 6. The summed E-state index contributed by atoms with van der Waals surface area (Å²) in [6.07, 6.45) is 4.08. The second-order valence-electron chi connectivity index (χ2n) is 10.1. The monoisotopic (exact) mass is 522 g/mol. The maximum Gasteiger partial charge on any atom is 0.271 e. The Hall–Kier alpha value is -3.97. The molecule has 0 spiro atoms. The molecule has 7 heteroatoms. The standard InChI is InChI=1S/C31H30N4O2S/c1-20(23-11-10-21-6-2-3-7-24(21)16-23)33-30(37)28-19-38-31(34-28)22-12-14-35(15-13-22)29(36)17-25-18-32-27-9-5-4-8-26(25)27/h2-11,16,18-20,22,32H,12-15,17H2,1H3,(H,33,37). The highest BCUT2D eigenvalue weighted by Crippen LogP contribution is 2.31. The summed E-state index contributed by atoms with van der Waals surface area (Å²) in [5.41, 5.74) is 3.64. The number of piperidine rings is 1. The average Bonchev–Trinajstić information content (AvgIpc) is 3.61. The Morgan fingerprint density at radius 1 is 1.05 bits per heavy atom. The van der Waals surface area contributed by atoms with E-state index >= 15 is 0 Å². The number of thiazole rings is 1. The van der Waals surface area contributed by atoms with E-state index in [4.69, 9.17) is 4.98 Å². The summed E-state index contributed by atoms with van der Waals surface area (Å²) in [5, 5.41) is 9.39. The van der Waals surface area contributed by atoms with Crippen molar-refractivity contribution in [1.82, 2.24) is 20.2 Å². The molecule has 2 N–H and O–H groups in total. The van der Waals surface area contributed by atoms with E-state index in [0.29, 0.717) is 25.2 Å². The number of H-pyrrole nitrogens is 1. The van der Waals surface area contributed by atoms with Crippen molar-refractivity contribution >= 4 is 44.8 Å². The van der Waals surface area contributed by atoms with Gasteiger partial charge >= 0.3 is 0 Å². The van der Waals surface area contributed by atoms with Crippen LogP contribution in [-0.2, 0) is 11.2 Å². The number of hydrogen-bond donors (Lipinski definition) is 2. The first-order valence-electron chi connectivity index (χ1n) is 13.1. The van der Waals surface area contributed by atoms with Gasteiger partial charge in [-0.05, 0) is 53.8 Å². The van der Waals surface area contributed by atoms with Crippen LogP contribution in [0.15, 0.2) is 78.3 Å². The minimum Gasteiger partial charge on any atom is -0.361 e. The zero-order valence-corrected chi connectivity index (χ0v) is 22.1. The van der Waals surface area contributed by atoms with Gasteiger partial charge in [0.25, 0.3) is 5.91 Å². The van der Waals surface area contributed by atoms with Crippen LogP contribution in [0.25, 0.3) is 21.7 Å². The Kier molecular flexibility index (Phi) is 6.68. The summed E-state index contributed by atoms with van der Waals surface area (Å²) in [7, 11) is 0. The Labute approximate surface area is 225 Å². The number of para-hydroxylation sites is 1. The van der Waals surface area contributed by atoms with Crippen molar-refractivity contribution in [2.24, 2.45) is 0 Å². The summed E-state index contributed by atoms with van der Waals surface area (Å²) in [6, 6.07) is 22.5. The molecule has 1 aliphatic heterocycles. The number of benzene rings is 3. The number of nitrogens with zero attached hydrogens (tertiary/aromatic N) is 2. The number of nitrogens with one attached hydrogen (secondary N) is 2. The summed E-state index contributed by atoms with van der Waals surface area (Å²) < 4.78 is 0. The summed E-state index contributed by atoms with van der Waals surface area (Å²) in [6.45, 7) is 3.43. The largest absolute Gasteiger partial charge is 0.361 e. The smallest absolute Gasteiger partial charge is 0.271 e. The van der Waals surface area contributed by atoms with Crippen LogP contribution < -0.4 is 5.32 Å². The lowest BCUT2D eigenvalue weighted by molar-refractivity contribution is -0.131. The topological polar surface area (TPSA) is 78.1 Å². The van der Waals surface area contributed by atoms with E-state index in [2.05, 4.69) is 46.7 Å². The first-order chi connectivity index (χ1) is 18.5. The molecule has 6 nitrogen and oxygen atoms in total. The van der Waals surface area contributed by atoms with Crippen LogP contribution in [0.3, 0.4) is 0 Å². The number of aromatic nitrogens is 2. The first kappa shape index (κ1) is 24.4. The predicted octanol–water partition coefficient (Wildman–Crippen LogP) is 6.22. The van der Waals surface area contributed by atoms with Gasteiger partial charge in [0, 0.05) is 41.5 Å². The highest BCUT2D eigenvalue weighted by Gasteiger charge is 2.27. The van der Waals surface area contributed by atoms with Crippen molar-refractivity contribution in [3.8, 4) is 0 Å². The summed E-state index contributed by atoms with van der Waals surface area (Å²) in [5.74, 6) is 0.284. The Morgan fingerprint density at radius 2 is 1.82 bits per heavy atom. The van der Waals surface area contributed by atoms with Crippen molar-refractivity contribution in [1.29, 1.82) is 0 Å². The van der Waals surface area contributed by atoms with Crippen LogP contribution in [0.2, 0.25) is 0 Å². The van der Waals surface area contributed by atoms with E-state index in [1.807, 2.05) is 53.7 Å². The van der Waals surface area contributed by atoms with Crippen molar-refractivity contribution < 1.29 is 9.59 Å². The zero-order chi connectivity index (χ0) is 26.1. The molecule has 38 heavy (non-hydrogen) atoms. The number of likely N-dealkylation sites (tertiary alicyclic amines) is 1. The molecule has 1 fully saturated rings. The van der Waals surface area contributed by atoms with Crippen LogP contribution in [0, 0.1) is 0 Å². The molecule has 1 saturated heterocycles. The molecule has 0 bridgehead atoms. The zero-order valence-electron chi connectivity index (χ0n) is 21.3. The highest BCUT2D eigenvalue weighted by molar-refractivity contribution is 7.09. The van der Waals surface area contributed by atoms with Crippen LogP contribution in [0.4, 0.5) is 0 Å². The van der Waals surface area contributed by atoms with Gasteiger partial charge in [-0.15, -0.1) is 11.3 Å². The van der Waals surface area contributed by atoms with Crippen LogP contribution >= 0.6 is 11.3 Å². The number of carbonyl (C=O) groups excluding carboxylic acids is 2. The van der Waals surface area contributed by atoms with Gasteiger partial charge in [-0.2, -0.15) is 0 Å². The lowest BCUT2D eigenvalue weighted by atomic mass is 9.97. The fraction of sp³-hybridized carbons (Fsp3) is 0.258. The van der Waals surface area contributed by atoms with Crippen molar-refractivity contribution in [2.45, 2.75) is 38.1 Å². The maximum atomic E-state index is 13.0. The van der Waals surface area contributed by atoms with Gasteiger partial charge in [-0.1, -0.05) is 54.6 Å². The Balaban J connectivity index is 1.04. The number of fused-ring (bicyclic) bond motifs is 2.